The Morgan fingerprint density at radius 1 is 1.41 bits per heavy atom. The Morgan fingerprint density at radius 2 is 2.24 bits per heavy atom. The van der Waals surface area contributed by atoms with Gasteiger partial charge < -0.3 is 10.0 Å². The predicted molar refractivity (Wildman–Crippen MR) is 71.4 cm³/mol. The molecule has 1 saturated heterocycles. The maximum Gasteiger partial charge on any atom is 0.115 e. The third-order valence-corrected chi connectivity index (χ3v) is 3.86. The number of aromatic hydroxyl groups is 1. The molecule has 0 radical (unpaired) electrons. The molecule has 1 aliphatic heterocycles. The van der Waals surface area contributed by atoms with E-state index in [0.717, 1.165) is 6.54 Å². The maximum absolute atomic E-state index is 9.61. The van der Waals surface area contributed by atoms with E-state index in [0.29, 0.717) is 5.75 Å². The number of likely N-dealkylation sites (tertiary alicyclic amines) is 1. The van der Waals surface area contributed by atoms with E-state index in [-0.39, 0.29) is 5.41 Å². The first kappa shape index (κ1) is 12.4. The Bertz CT molecular complexity index is 375. The Balaban J connectivity index is 2.17. The number of rotatable bonds is 3. The molecule has 1 aromatic carbocycles. The molecule has 1 unspecified atom stereocenters. The van der Waals surface area contributed by atoms with E-state index < -0.39 is 0 Å². The fourth-order valence-corrected chi connectivity index (χ4v) is 2.97. The number of nitrogens with zero attached hydrogens (tertiary/aromatic N) is 1. The van der Waals surface area contributed by atoms with Gasteiger partial charge in [-0.2, -0.15) is 0 Å². The molecule has 1 N–H and O–H groups in total. The third kappa shape index (κ3) is 2.81. The molecule has 1 fully saturated rings. The molecule has 0 bridgehead atoms. The monoisotopic (exact) mass is 233 g/mol. The van der Waals surface area contributed by atoms with Crippen molar-refractivity contribution in [3.63, 3.8) is 0 Å². The van der Waals surface area contributed by atoms with Gasteiger partial charge in [0.05, 0.1) is 0 Å². The van der Waals surface area contributed by atoms with E-state index in [2.05, 4.69) is 24.8 Å². The fraction of sp³-hybridized carbons (Fsp3) is 0.600. The van der Waals surface area contributed by atoms with E-state index in [1.807, 2.05) is 12.1 Å². The number of piperidine rings is 1. The van der Waals surface area contributed by atoms with Crippen LogP contribution in [0, 0.1) is 0 Å². The van der Waals surface area contributed by atoms with E-state index >= 15 is 0 Å². The van der Waals surface area contributed by atoms with Gasteiger partial charge >= 0.3 is 0 Å². The second-order valence-corrected chi connectivity index (χ2v) is 5.49. The third-order valence-electron chi connectivity index (χ3n) is 3.86. The van der Waals surface area contributed by atoms with Crippen LogP contribution < -0.4 is 0 Å². The van der Waals surface area contributed by atoms with E-state index in [9.17, 15) is 5.11 Å². The number of hydrogen-bond donors (Lipinski definition) is 1. The van der Waals surface area contributed by atoms with Crippen molar-refractivity contribution in [2.45, 2.75) is 38.5 Å². The Hall–Kier alpha value is -1.02. The van der Waals surface area contributed by atoms with Crippen LogP contribution in [0.3, 0.4) is 0 Å². The minimum absolute atomic E-state index is 0.201. The summed E-state index contributed by atoms with van der Waals surface area (Å²) in [6.07, 6.45) is 3.69. The molecule has 17 heavy (non-hydrogen) atoms. The first-order valence-electron chi connectivity index (χ1n) is 6.66. The van der Waals surface area contributed by atoms with Gasteiger partial charge in [-0.05, 0) is 50.0 Å². The summed E-state index contributed by atoms with van der Waals surface area (Å²) in [6.45, 7) is 8.09. The lowest BCUT2D eigenvalue weighted by Gasteiger charge is -2.41. The van der Waals surface area contributed by atoms with Gasteiger partial charge in [-0.1, -0.05) is 26.0 Å². The summed E-state index contributed by atoms with van der Waals surface area (Å²) in [5.74, 6) is 0.385. The number of hydrogen-bond acceptors (Lipinski definition) is 2. The van der Waals surface area contributed by atoms with Crippen molar-refractivity contribution in [1.29, 1.82) is 0 Å². The van der Waals surface area contributed by atoms with Crippen LogP contribution in [0.1, 0.15) is 38.7 Å². The summed E-state index contributed by atoms with van der Waals surface area (Å²) in [5.41, 5.74) is 1.48. The molecule has 0 aromatic heterocycles. The van der Waals surface area contributed by atoms with Gasteiger partial charge in [0.1, 0.15) is 5.75 Å². The summed E-state index contributed by atoms with van der Waals surface area (Å²) >= 11 is 0. The summed E-state index contributed by atoms with van der Waals surface area (Å²) in [4.78, 5) is 2.55. The lowest BCUT2D eigenvalue weighted by atomic mass is 9.76. The van der Waals surface area contributed by atoms with Crippen LogP contribution in [-0.4, -0.2) is 29.6 Å². The van der Waals surface area contributed by atoms with Crippen molar-refractivity contribution < 1.29 is 5.11 Å². The largest absolute Gasteiger partial charge is 0.508 e. The van der Waals surface area contributed by atoms with Gasteiger partial charge in [-0.15, -0.1) is 0 Å². The van der Waals surface area contributed by atoms with Crippen LogP contribution in [0.4, 0.5) is 0 Å². The molecule has 1 heterocycles. The molecule has 1 aliphatic rings. The van der Waals surface area contributed by atoms with Gasteiger partial charge in [0.15, 0.2) is 0 Å². The maximum atomic E-state index is 9.61. The summed E-state index contributed by atoms with van der Waals surface area (Å²) < 4.78 is 0. The van der Waals surface area contributed by atoms with Gasteiger partial charge in [0, 0.05) is 12.0 Å². The SMILES string of the molecule is CCCN1CCCC(C)(c2cccc(O)c2)C1. The standard InChI is InChI=1S/C15H23NO/c1-3-9-16-10-5-8-15(2,12-16)13-6-4-7-14(17)11-13/h4,6-7,11,17H,3,5,8-10,12H2,1-2H3. The molecule has 94 valence electrons. The Kier molecular flexibility index (Phi) is 3.72. The van der Waals surface area contributed by atoms with Gasteiger partial charge in [0.25, 0.3) is 0 Å². The highest BCUT2D eigenvalue weighted by Gasteiger charge is 2.32. The minimum Gasteiger partial charge on any atom is -0.508 e. The average Bonchev–Trinajstić information content (AvgIpc) is 2.30. The van der Waals surface area contributed by atoms with E-state index in [4.69, 9.17) is 0 Å². The predicted octanol–water partition coefficient (Wildman–Crippen LogP) is 3.16. The van der Waals surface area contributed by atoms with Crippen molar-refractivity contribution in [2.75, 3.05) is 19.6 Å². The molecule has 0 amide bonds. The second kappa shape index (κ2) is 5.09. The summed E-state index contributed by atoms with van der Waals surface area (Å²) in [6, 6.07) is 7.78. The quantitative estimate of drug-likeness (QED) is 0.867. The van der Waals surface area contributed by atoms with Crippen LogP contribution in [0.25, 0.3) is 0 Å². The molecule has 1 atom stereocenters. The van der Waals surface area contributed by atoms with Crippen molar-refractivity contribution in [1.82, 2.24) is 4.90 Å². The van der Waals surface area contributed by atoms with E-state index in [1.54, 1.807) is 6.07 Å². The fourth-order valence-electron chi connectivity index (χ4n) is 2.97. The highest BCUT2D eigenvalue weighted by atomic mass is 16.3. The van der Waals surface area contributed by atoms with Crippen molar-refractivity contribution in [3.05, 3.63) is 29.8 Å². The van der Waals surface area contributed by atoms with Crippen LogP contribution in [0.2, 0.25) is 0 Å². The molecule has 0 aliphatic carbocycles. The van der Waals surface area contributed by atoms with Gasteiger partial charge in [0.2, 0.25) is 0 Å². The molecular formula is C15H23NO. The second-order valence-electron chi connectivity index (χ2n) is 5.49. The molecule has 2 heteroatoms. The van der Waals surface area contributed by atoms with E-state index in [1.165, 1.54) is 37.9 Å². The highest BCUT2D eigenvalue weighted by Crippen LogP contribution is 2.34. The van der Waals surface area contributed by atoms with Crippen molar-refractivity contribution in [2.24, 2.45) is 0 Å². The average molecular weight is 233 g/mol. The first-order chi connectivity index (χ1) is 8.14. The minimum atomic E-state index is 0.201. The number of phenolic OH excluding ortho intramolecular Hbond substituents is 1. The lowest BCUT2D eigenvalue weighted by Crippen LogP contribution is -2.44. The molecule has 0 saturated carbocycles. The zero-order chi connectivity index (χ0) is 12.3. The molecule has 2 rings (SSSR count). The van der Waals surface area contributed by atoms with Crippen LogP contribution in [0.5, 0.6) is 5.75 Å². The molecular weight excluding hydrogens is 210 g/mol. The van der Waals surface area contributed by atoms with Crippen LogP contribution in [0.15, 0.2) is 24.3 Å². The molecule has 2 nitrogen and oxygen atoms in total. The normalized spacial score (nSPS) is 26.0. The van der Waals surface area contributed by atoms with Crippen molar-refractivity contribution in [3.8, 4) is 5.75 Å². The molecule has 1 aromatic rings. The zero-order valence-electron chi connectivity index (χ0n) is 10.9. The lowest BCUT2D eigenvalue weighted by molar-refractivity contribution is 0.157. The highest BCUT2D eigenvalue weighted by molar-refractivity contribution is 5.33. The van der Waals surface area contributed by atoms with Crippen LogP contribution >= 0.6 is 0 Å². The van der Waals surface area contributed by atoms with Crippen LogP contribution in [-0.2, 0) is 5.41 Å². The number of benzene rings is 1. The summed E-state index contributed by atoms with van der Waals surface area (Å²) in [7, 11) is 0. The first-order valence-corrected chi connectivity index (χ1v) is 6.66. The number of phenols is 1. The topological polar surface area (TPSA) is 23.5 Å². The smallest absolute Gasteiger partial charge is 0.115 e. The summed E-state index contributed by atoms with van der Waals surface area (Å²) in [5, 5.41) is 9.61. The van der Waals surface area contributed by atoms with Gasteiger partial charge in [-0.25, -0.2) is 0 Å². The zero-order valence-corrected chi connectivity index (χ0v) is 10.9. The van der Waals surface area contributed by atoms with Gasteiger partial charge in [-0.3, -0.25) is 0 Å². The Labute approximate surface area is 104 Å². The van der Waals surface area contributed by atoms with Crippen molar-refractivity contribution >= 4 is 0 Å². The Morgan fingerprint density at radius 3 is 2.94 bits per heavy atom. The molecule has 0 spiro atoms.